The Morgan fingerprint density at radius 3 is 2.70 bits per heavy atom. The molecule has 0 saturated carbocycles. The van der Waals surface area contributed by atoms with E-state index in [0.717, 1.165) is 29.9 Å². The van der Waals surface area contributed by atoms with Crippen molar-refractivity contribution in [3.63, 3.8) is 0 Å². The van der Waals surface area contributed by atoms with E-state index < -0.39 is 0 Å². The number of ether oxygens (including phenoxy) is 1. The molecule has 0 radical (unpaired) electrons. The summed E-state index contributed by atoms with van der Waals surface area (Å²) < 4.78 is 21.2. The molecule has 0 unspecified atom stereocenters. The topological polar surface area (TPSA) is 27.1 Å². The second kappa shape index (κ2) is 6.75. The van der Waals surface area contributed by atoms with Crippen molar-refractivity contribution in [3.8, 4) is 5.75 Å². The second-order valence-electron chi connectivity index (χ2n) is 4.48. The van der Waals surface area contributed by atoms with Crippen LogP contribution in [0.1, 0.15) is 30.8 Å². The maximum atomic E-state index is 13.8. The van der Waals surface area contributed by atoms with Crippen LogP contribution < -0.4 is 4.74 Å². The highest BCUT2D eigenvalue weighted by Crippen LogP contribution is 2.20. The Bertz CT molecular complexity index is 583. The quantitative estimate of drug-likeness (QED) is 0.755. The minimum absolute atomic E-state index is 0.237. The predicted molar refractivity (Wildman–Crippen MR) is 77.6 cm³/mol. The van der Waals surface area contributed by atoms with E-state index in [4.69, 9.17) is 16.3 Å². The summed E-state index contributed by atoms with van der Waals surface area (Å²) in [4.78, 5) is 0. The molecule has 0 spiro atoms. The Morgan fingerprint density at radius 1 is 1.30 bits per heavy atom. The monoisotopic (exact) mass is 296 g/mol. The summed E-state index contributed by atoms with van der Waals surface area (Å²) in [7, 11) is 0. The first kappa shape index (κ1) is 14.9. The molecule has 2 aromatic rings. The van der Waals surface area contributed by atoms with Gasteiger partial charge >= 0.3 is 0 Å². The molecule has 1 aromatic carbocycles. The number of hydrogen-bond acceptors (Lipinski definition) is 2. The second-order valence-corrected chi connectivity index (χ2v) is 4.75. The van der Waals surface area contributed by atoms with Crippen molar-refractivity contribution in [2.24, 2.45) is 0 Å². The van der Waals surface area contributed by atoms with Crippen LogP contribution >= 0.6 is 11.6 Å². The molecule has 0 bridgehead atoms. The molecule has 0 atom stereocenters. The number of aromatic nitrogens is 2. The summed E-state index contributed by atoms with van der Waals surface area (Å²) in [6.07, 6.45) is 0.874. The molecule has 0 amide bonds. The first-order chi connectivity index (χ1) is 9.67. The molecule has 2 rings (SSSR count). The largest absolute Gasteiger partial charge is 0.484 e. The summed E-state index contributed by atoms with van der Waals surface area (Å²) in [5.74, 6) is 0.141. The Kier molecular flexibility index (Phi) is 5.01. The molecule has 3 nitrogen and oxygen atoms in total. The van der Waals surface area contributed by atoms with Crippen molar-refractivity contribution in [1.82, 2.24) is 9.78 Å². The van der Waals surface area contributed by atoms with Crippen LogP contribution in [0.5, 0.6) is 5.75 Å². The van der Waals surface area contributed by atoms with Gasteiger partial charge in [-0.15, -0.1) is 11.6 Å². The molecular formula is C15H18ClFN2O. The third kappa shape index (κ3) is 3.31. The van der Waals surface area contributed by atoms with Crippen molar-refractivity contribution in [2.45, 2.75) is 39.3 Å². The van der Waals surface area contributed by atoms with Gasteiger partial charge in [-0.3, -0.25) is 4.68 Å². The van der Waals surface area contributed by atoms with Gasteiger partial charge in [0.05, 0.1) is 11.4 Å². The molecule has 0 aliphatic carbocycles. The molecular weight excluding hydrogens is 279 g/mol. The molecule has 5 heteroatoms. The molecule has 0 N–H and O–H groups in total. The highest BCUT2D eigenvalue weighted by molar-refractivity contribution is 6.17. The van der Waals surface area contributed by atoms with Gasteiger partial charge in [-0.05, 0) is 37.1 Å². The average Bonchev–Trinajstić information content (AvgIpc) is 2.88. The molecule has 108 valence electrons. The van der Waals surface area contributed by atoms with E-state index in [-0.39, 0.29) is 11.6 Å². The number of rotatable bonds is 6. The Labute approximate surface area is 123 Å². The molecule has 0 aliphatic rings. The van der Waals surface area contributed by atoms with Crippen LogP contribution in [-0.2, 0) is 25.5 Å². The van der Waals surface area contributed by atoms with Crippen LogP contribution in [0.2, 0.25) is 0 Å². The van der Waals surface area contributed by atoms with Crippen LogP contribution in [0.4, 0.5) is 4.39 Å². The summed E-state index contributed by atoms with van der Waals surface area (Å²) in [6, 6.07) is 6.77. The van der Waals surface area contributed by atoms with Crippen molar-refractivity contribution in [2.75, 3.05) is 0 Å². The maximum absolute atomic E-state index is 13.8. The molecule has 0 fully saturated rings. The Morgan fingerprint density at radius 2 is 2.10 bits per heavy atom. The zero-order chi connectivity index (χ0) is 14.5. The van der Waals surface area contributed by atoms with Gasteiger partial charge in [0.15, 0.2) is 11.6 Å². The van der Waals surface area contributed by atoms with Crippen molar-refractivity contribution in [3.05, 3.63) is 47.0 Å². The fraction of sp³-hybridized carbons (Fsp3) is 0.400. The summed E-state index contributed by atoms with van der Waals surface area (Å²) in [5.41, 5.74) is 2.71. The Balaban J connectivity index is 2.10. The van der Waals surface area contributed by atoms with Gasteiger partial charge in [-0.2, -0.15) is 5.10 Å². The summed E-state index contributed by atoms with van der Waals surface area (Å²) in [6.45, 7) is 5.15. The van der Waals surface area contributed by atoms with Gasteiger partial charge in [-0.1, -0.05) is 13.0 Å². The number of benzene rings is 1. The highest BCUT2D eigenvalue weighted by Gasteiger charge is 2.09. The number of aryl methyl sites for hydroxylation is 2. The van der Waals surface area contributed by atoms with Gasteiger partial charge in [0.1, 0.15) is 6.61 Å². The molecule has 0 saturated heterocycles. The van der Waals surface area contributed by atoms with Crippen molar-refractivity contribution >= 4 is 11.6 Å². The number of hydrogen-bond donors (Lipinski definition) is 0. The third-order valence-electron chi connectivity index (χ3n) is 3.10. The van der Waals surface area contributed by atoms with Gasteiger partial charge in [-0.25, -0.2) is 4.39 Å². The fourth-order valence-corrected chi connectivity index (χ4v) is 2.14. The van der Waals surface area contributed by atoms with E-state index in [1.54, 1.807) is 12.1 Å². The SMILES string of the molecule is CCc1cc(COc2ccc(CCl)cc2F)n(CC)n1. The smallest absolute Gasteiger partial charge is 0.165 e. The van der Waals surface area contributed by atoms with Gasteiger partial charge in [0, 0.05) is 12.4 Å². The lowest BCUT2D eigenvalue weighted by Gasteiger charge is -2.09. The van der Waals surface area contributed by atoms with Crippen LogP contribution in [0.15, 0.2) is 24.3 Å². The van der Waals surface area contributed by atoms with E-state index in [9.17, 15) is 4.39 Å². The van der Waals surface area contributed by atoms with Crippen LogP contribution in [0, 0.1) is 5.82 Å². The Hall–Kier alpha value is -1.55. The predicted octanol–water partition coefficient (Wildman–Crippen LogP) is 3.92. The normalized spacial score (nSPS) is 10.8. The van der Waals surface area contributed by atoms with Gasteiger partial charge in [0.25, 0.3) is 0 Å². The average molecular weight is 297 g/mol. The van der Waals surface area contributed by atoms with E-state index in [1.165, 1.54) is 6.07 Å². The van der Waals surface area contributed by atoms with Crippen molar-refractivity contribution in [1.29, 1.82) is 0 Å². The lowest BCUT2D eigenvalue weighted by molar-refractivity contribution is 0.278. The molecule has 20 heavy (non-hydrogen) atoms. The van der Waals surface area contributed by atoms with Crippen LogP contribution in [0.25, 0.3) is 0 Å². The molecule has 1 aromatic heterocycles. The van der Waals surface area contributed by atoms with E-state index in [2.05, 4.69) is 12.0 Å². The first-order valence-electron chi connectivity index (χ1n) is 6.70. The lowest BCUT2D eigenvalue weighted by Crippen LogP contribution is -2.06. The lowest BCUT2D eigenvalue weighted by atomic mass is 10.2. The van der Waals surface area contributed by atoms with Gasteiger partial charge < -0.3 is 4.74 Å². The number of alkyl halides is 1. The zero-order valence-corrected chi connectivity index (χ0v) is 12.5. The van der Waals surface area contributed by atoms with Crippen LogP contribution in [-0.4, -0.2) is 9.78 Å². The minimum atomic E-state index is -0.388. The van der Waals surface area contributed by atoms with E-state index >= 15 is 0 Å². The summed E-state index contributed by atoms with van der Waals surface area (Å²) >= 11 is 5.66. The maximum Gasteiger partial charge on any atom is 0.165 e. The third-order valence-corrected chi connectivity index (χ3v) is 3.41. The molecule has 1 heterocycles. The van der Waals surface area contributed by atoms with E-state index in [1.807, 2.05) is 17.7 Å². The number of halogens is 2. The highest BCUT2D eigenvalue weighted by atomic mass is 35.5. The van der Waals surface area contributed by atoms with E-state index in [0.29, 0.717) is 12.5 Å². The summed E-state index contributed by atoms with van der Waals surface area (Å²) in [5, 5.41) is 4.43. The van der Waals surface area contributed by atoms with Gasteiger partial charge in [0.2, 0.25) is 0 Å². The fourth-order valence-electron chi connectivity index (χ4n) is 1.97. The number of nitrogens with zero attached hydrogens (tertiary/aromatic N) is 2. The zero-order valence-electron chi connectivity index (χ0n) is 11.7. The molecule has 0 aliphatic heterocycles. The first-order valence-corrected chi connectivity index (χ1v) is 7.24. The standard InChI is InChI=1S/C15H18ClFN2O/c1-3-12-8-13(19(4-2)18-12)10-20-15-6-5-11(9-16)7-14(15)17/h5-8H,3-4,9-10H2,1-2H3. The van der Waals surface area contributed by atoms with Crippen LogP contribution in [0.3, 0.4) is 0 Å². The minimum Gasteiger partial charge on any atom is -0.484 e. The van der Waals surface area contributed by atoms with Crippen molar-refractivity contribution < 1.29 is 9.13 Å².